The summed E-state index contributed by atoms with van der Waals surface area (Å²) in [6.07, 6.45) is 0.739. The molecule has 0 fully saturated rings. The lowest BCUT2D eigenvalue weighted by Crippen LogP contribution is -2.41. The van der Waals surface area contributed by atoms with E-state index < -0.39 is 6.04 Å². The highest BCUT2D eigenvalue weighted by Crippen LogP contribution is 2.22. The summed E-state index contributed by atoms with van der Waals surface area (Å²) in [7, 11) is 0. The van der Waals surface area contributed by atoms with Crippen LogP contribution in [0.4, 0.5) is 4.39 Å². The van der Waals surface area contributed by atoms with Crippen LogP contribution in [0, 0.1) is 5.82 Å². The fraction of sp³-hybridized carbons (Fsp3) is 0.235. The van der Waals surface area contributed by atoms with Crippen molar-refractivity contribution in [3.63, 3.8) is 0 Å². The molecule has 21 heavy (non-hydrogen) atoms. The molecule has 0 radical (unpaired) electrons. The molecule has 0 aromatic heterocycles. The van der Waals surface area contributed by atoms with Crippen molar-refractivity contribution >= 4 is 5.91 Å². The van der Waals surface area contributed by atoms with Crippen LogP contribution in [-0.2, 0) is 17.8 Å². The van der Waals surface area contributed by atoms with Gasteiger partial charge in [0.05, 0.1) is 0 Å². The summed E-state index contributed by atoms with van der Waals surface area (Å²) in [6, 6.07) is 13.4. The molecule has 108 valence electrons. The topological polar surface area (TPSA) is 46.3 Å². The molecule has 1 atom stereocenters. The summed E-state index contributed by atoms with van der Waals surface area (Å²) < 4.78 is 13.3. The zero-order chi connectivity index (χ0) is 14.8. The first-order valence-corrected chi connectivity index (χ1v) is 7.02. The molecular weight excluding hydrogens is 267 g/mol. The number of nitrogens with zero attached hydrogens (tertiary/aromatic N) is 1. The summed E-state index contributed by atoms with van der Waals surface area (Å²) in [4.78, 5) is 14.2. The quantitative estimate of drug-likeness (QED) is 0.920. The summed E-state index contributed by atoms with van der Waals surface area (Å²) in [5.74, 6) is -0.383. The molecule has 2 N–H and O–H groups in total. The van der Waals surface area contributed by atoms with Crippen molar-refractivity contribution in [1.29, 1.82) is 0 Å². The first-order chi connectivity index (χ1) is 10.1. The molecule has 1 heterocycles. The third-order valence-electron chi connectivity index (χ3n) is 3.92. The van der Waals surface area contributed by atoms with Gasteiger partial charge in [-0.1, -0.05) is 36.4 Å². The highest BCUT2D eigenvalue weighted by molar-refractivity contribution is 5.83. The number of fused-ring (bicyclic) bond motifs is 1. The molecule has 4 heteroatoms. The van der Waals surface area contributed by atoms with E-state index in [1.165, 1.54) is 12.1 Å². The van der Waals surface area contributed by atoms with Gasteiger partial charge in [0, 0.05) is 13.1 Å². The molecule has 1 amide bonds. The second kappa shape index (κ2) is 5.66. The third kappa shape index (κ3) is 2.81. The van der Waals surface area contributed by atoms with Crippen molar-refractivity contribution in [1.82, 2.24) is 4.90 Å². The van der Waals surface area contributed by atoms with Gasteiger partial charge in [-0.25, -0.2) is 4.39 Å². The van der Waals surface area contributed by atoms with Gasteiger partial charge in [0.2, 0.25) is 5.91 Å². The van der Waals surface area contributed by atoms with E-state index in [4.69, 9.17) is 5.73 Å². The molecular formula is C17H17FN2O. The summed E-state index contributed by atoms with van der Waals surface area (Å²) in [5.41, 5.74) is 8.83. The smallest absolute Gasteiger partial charge is 0.244 e. The highest BCUT2D eigenvalue weighted by Gasteiger charge is 2.26. The number of halogens is 1. The molecule has 0 spiro atoms. The first kappa shape index (κ1) is 13.8. The molecule has 0 aliphatic carbocycles. The maximum Gasteiger partial charge on any atom is 0.244 e. The number of hydrogen-bond donors (Lipinski definition) is 1. The van der Waals surface area contributed by atoms with E-state index in [-0.39, 0.29) is 11.7 Å². The van der Waals surface area contributed by atoms with Crippen molar-refractivity contribution < 1.29 is 9.18 Å². The van der Waals surface area contributed by atoms with Gasteiger partial charge in [-0.15, -0.1) is 0 Å². The van der Waals surface area contributed by atoms with Crippen LogP contribution in [-0.4, -0.2) is 17.4 Å². The summed E-state index contributed by atoms with van der Waals surface area (Å²) in [6.45, 7) is 1.05. The van der Waals surface area contributed by atoms with Crippen LogP contribution in [0.1, 0.15) is 22.7 Å². The normalized spacial score (nSPS) is 15.4. The van der Waals surface area contributed by atoms with Gasteiger partial charge in [-0.3, -0.25) is 4.79 Å². The SMILES string of the molecule is NC(C(=O)N1CCc2ccc(F)cc2C1)c1ccccc1. The van der Waals surface area contributed by atoms with E-state index in [1.807, 2.05) is 30.3 Å². The zero-order valence-electron chi connectivity index (χ0n) is 11.6. The van der Waals surface area contributed by atoms with Crippen LogP contribution >= 0.6 is 0 Å². The molecule has 1 aliphatic heterocycles. The predicted molar refractivity (Wildman–Crippen MR) is 78.9 cm³/mol. The van der Waals surface area contributed by atoms with E-state index in [2.05, 4.69) is 0 Å². The van der Waals surface area contributed by atoms with Crippen LogP contribution in [0.15, 0.2) is 48.5 Å². The van der Waals surface area contributed by atoms with Crippen molar-refractivity contribution in [2.24, 2.45) is 5.73 Å². The van der Waals surface area contributed by atoms with Crippen LogP contribution in [0.25, 0.3) is 0 Å². The average molecular weight is 284 g/mol. The number of amides is 1. The second-order valence-corrected chi connectivity index (χ2v) is 5.31. The van der Waals surface area contributed by atoms with Crippen molar-refractivity contribution in [2.45, 2.75) is 19.0 Å². The third-order valence-corrected chi connectivity index (χ3v) is 3.92. The van der Waals surface area contributed by atoms with Gasteiger partial charge >= 0.3 is 0 Å². The fourth-order valence-corrected chi connectivity index (χ4v) is 2.71. The van der Waals surface area contributed by atoms with Gasteiger partial charge in [0.25, 0.3) is 0 Å². The molecule has 1 aliphatic rings. The van der Waals surface area contributed by atoms with E-state index in [1.54, 1.807) is 11.0 Å². The maximum absolute atomic E-state index is 13.3. The van der Waals surface area contributed by atoms with Gasteiger partial charge in [0.1, 0.15) is 11.9 Å². The number of nitrogens with two attached hydrogens (primary N) is 1. The monoisotopic (exact) mass is 284 g/mol. The zero-order valence-corrected chi connectivity index (χ0v) is 11.6. The number of benzene rings is 2. The summed E-state index contributed by atoms with van der Waals surface area (Å²) >= 11 is 0. The molecule has 1 unspecified atom stereocenters. The summed E-state index contributed by atoms with van der Waals surface area (Å²) in [5, 5.41) is 0. The Morgan fingerprint density at radius 3 is 2.67 bits per heavy atom. The lowest BCUT2D eigenvalue weighted by molar-refractivity contribution is -0.133. The molecule has 3 nitrogen and oxygen atoms in total. The van der Waals surface area contributed by atoms with E-state index in [9.17, 15) is 9.18 Å². The maximum atomic E-state index is 13.3. The molecule has 0 saturated carbocycles. The van der Waals surface area contributed by atoms with Crippen LogP contribution < -0.4 is 5.73 Å². The van der Waals surface area contributed by atoms with Crippen LogP contribution in [0.5, 0.6) is 0 Å². The fourth-order valence-electron chi connectivity index (χ4n) is 2.71. The molecule has 0 saturated heterocycles. The second-order valence-electron chi connectivity index (χ2n) is 5.31. The highest BCUT2D eigenvalue weighted by atomic mass is 19.1. The Kier molecular flexibility index (Phi) is 3.71. The van der Waals surface area contributed by atoms with E-state index >= 15 is 0 Å². The van der Waals surface area contributed by atoms with Crippen LogP contribution in [0.3, 0.4) is 0 Å². The Morgan fingerprint density at radius 1 is 1.14 bits per heavy atom. The number of carbonyl (C=O) groups is 1. The van der Waals surface area contributed by atoms with Crippen molar-refractivity contribution in [3.8, 4) is 0 Å². The molecule has 2 aromatic rings. The Labute approximate surface area is 123 Å². The Hall–Kier alpha value is -2.20. The van der Waals surface area contributed by atoms with Crippen LogP contribution in [0.2, 0.25) is 0 Å². The lowest BCUT2D eigenvalue weighted by atomic mass is 9.98. The Bertz CT molecular complexity index is 657. The minimum atomic E-state index is -0.665. The lowest BCUT2D eigenvalue weighted by Gasteiger charge is -2.31. The average Bonchev–Trinajstić information content (AvgIpc) is 2.53. The van der Waals surface area contributed by atoms with Crippen molar-refractivity contribution in [3.05, 3.63) is 71.0 Å². The number of rotatable bonds is 2. The molecule has 3 rings (SSSR count). The van der Waals surface area contributed by atoms with Gasteiger partial charge in [-0.05, 0) is 35.2 Å². The predicted octanol–water partition coefficient (Wildman–Crippen LogP) is 2.41. The minimum absolute atomic E-state index is 0.115. The number of hydrogen-bond acceptors (Lipinski definition) is 2. The first-order valence-electron chi connectivity index (χ1n) is 7.02. The Morgan fingerprint density at radius 2 is 1.90 bits per heavy atom. The van der Waals surface area contributed by atoms with Gasteiger partial charge in [0.15, 0.2) is 0 Å². The van der Waals surface area contributed by atoms with Crippen molar-refractivity contribution in [2.75, 3.05) is 6.54 Å². The van der Waals surface area contributed by atoms with Gasteiger partial charge < -0.3 is 10.6 Å². The van der Waals surface area contributed by atoms with Gasteiger partial charge in [-0.2, -0.15) is 0 Å². The Balaban J connectivity index is 1.78. The van der Waals surface area contributed by atoms with E-state index in [0.29, 0.717) is 13.1 Å². The molecule has 2 aromatic carbocycles. The largest absolute Gasteiger partial charge is 0.336 e. The number of carbonyl (C=O) groups excluding carboxylic acids is 1. The molecule has 0 bridgehead atoms. The van der Waals surface area contributed by atoms with E-state index in [0.717, 1.165) is 23.1 Å². The standard InChI is InChI=1S/C17H17FN2O/c18-15-7-6-12-8-9-20(11-14(12)10-15)17(21)16(19)13-4-2-1-3-5-13/h1-7,10,16H,8-9,11,19H2. The minimum Gasteiger partial charge on any atom is -0.336 e.